The molecule has 0 amide bonds. The first-order valence-corrected chi connectivity index (χ1v) is 14.9. The molecule has 0 saturated carbocycles. The van der Waals surface area contributed by atoms with Crippen molar-refractivity contribution in [3.05, 3.63) is 57.6 Å². The van der Waals surface area contributed by atoms with E-state index < -0.39 is 0 Å². The fourth-order valence-electron chi connectivity index (χ4n) is 5.24. The average Bonchev–Trinajstić information content (AvgIpc) is 2.90. The maximum atomic E-state index is 10.8. The highest BCUT2D eigenvalue weighted by Crippen LogP contribution is 2.33. The largest absolute Gasteiger partial charge is 0.507 e. The summed E-state index contributed by atoms with van der Waals surface area (Å²) in [7, 11) is 0. The van der Waals surface area contributed by atoms with Crippen molar-refractivity contribution in [1.82, 2.24) is 0 Å². The van der Waals surface area contributed by atoms with Gasteiger partial charge in [-0.2, -0.15) is 0 Å². The lowest BCUT2D eigenvalue weighted by Gasteiger charge is -2.16. The highest BCUT2D eigenvalue weighted by Gasteiger charge is 2.15. The molecule has 0 bridgehead atoms. The quantitative estimate of drug-likeness (QED) is 0.135. The molecule has 0 fully saturated rings. The molecule has 0 spiro atoms. The SMILES string of the molecule is CCCCCCCCCc1cc(CO)c(O)c(Cc2cc(CCCCCCCCC)cc(CO)c2O)c1. The van der Waals surface area contributed by atoms with Crippen molar-refractivity contribution in [2.45, 2.75) is 136 Å². The molecular weight excluding hydrogens is 460 g/mol. The molecule has 0 radical (unpaired) electrons. The third-order valence-electron chi connectivity index (χ3n) is 7.51. The van der Waals surface area contributed by atoms with E-state index in [1.54, 1.807) is 0 Å². The van der Waals surface area contributed by atoms with Gasteiger partial charge in [-0.1, -0.05) is 103 Å². The number of aryl methyl sites for hydroxylation is 2. The molecule has 0 heterocycles. The molecule has 0 unspecified atom stereocenters. The molecule has 0 aliphatic rings. The summed E-state index contributed by atoms with van der Waals surface area (Å²) in [6.07, 6.45) is 19.6. The Morgan fingerprint density at radius 1 is 0.459 bits per heavy atom. The average molecular weight is 513 g/mol. The summed E-state index contributed by atoms with van der Waals surface area (Å²) in [6, 6.07) is 7.86. The minimum atomic E-state index is -0.212. The number of aliphatic hydroxyl groups is 2. The van der Waals surface area contributed by atoms with Crippen LogP contribution >= 0.6 is 0 Å². The lowest BCUT2D eigenvalue weighted by molar-refractivity contribution is 0.275. The zero-order valence-corrected chi connectivity index (χ0v) is 23.5. The molecule has 4 heteroatoms. The van der Waals surface area contributed by atoms with Gasteiger partial charge in [0.25, 0.3) is 0 Å². The number of hydrogen-bond donors (Lipinski definition) is 4. The molecule has 208 valence electrons. The summed E-state index contributed by atoms with van der Waals surface area (Å²) in [5, 5.41) is 41.4. The van der Waals surface area contributed by atoms with Crippen LogP contribution in [0, 0.1) is 0 Å². The number of aliphatic hydroxyl groups excluding tert-OH is 2. The molecule has 0 atom stereocenters. The predicted molar refractivity (Wildman–Crippen MR) is 154 cm³/mol. The molecule has 4 nitrogen and oxygen atoms in total. The Morgan fingerprint density at radius 3 is 1.14 bits per heavy atom. The summed E-state index contributed by atoms with van der Waals surface area (Å²) in [5.41, 5.74) is 4.75. The highest BCUT2D eigenvalue weighted by atomic mass is 16.3. The number of benzene rings is 2. The lowest BCUT2D eigenvalue weighted by atomic mass is 9.92. The van der Waals surface area contributed by atoms with Crippen molar-refractivity contribution in [3.8, 4) is 11.5 Å². The van der Waals surface area contributed by atoms with E-state index in [0.29, 0.717) is 17.5 Å². The number of hydrogen-bond acceptors (Lipinski definition) is 4. The predicted octanol–water partition coefficient (Wildman–Crippen LogP) is 8.26. The monoisotopic (exact) mass is 512 g/mol. The van der Waals surface area contributed by atoms with Crippen LogP contribution in [0.3, 0.4) is 0 Å². The second-order valence-corrected chi connectivity index (χ2v) is 10.8. The van der Waals surface area contributed by atoms with Gasteiger partial charge in [-0.05, 0) is 60.1 Å². The first kappa shape index (κ1) is 31.2. The van der Waals surface area contributed by atoms with Crippen molar-refractivity contribution >= 4 is 0 Å². The van der Waals surface area contributed by atoms with E-state index in [4.69, 9.17) is 0 Å². The van der Waals surface area contributed by atoms with E-state index in [1.165, 1.54) is 77.0 Å². The van der Waals surface area contributed by atoms with Crippen LogP contribution in [0.25, 0.3) is 0 Å². The maximum absolute atomic E-state index is 10.8. The van der Waals surface area contributed by atoms with Crippen molar-refractivity contribution in [2.24, 2.45) is 0 Å². The van der Waals surface area contributed by atoms with Crippen molar-refractivity contribution in [2.75, 3.05) is 0 Å². The van der Waals surface area contributed by atoms with Gasteiger partial charge in [-0.3, -0.25) is 0 Å². The van der Waals surface area contributed by atoms with E-state index in [1.807, 2.05) is 24.3 Å². The van der Waals surface area contributed by atoms with Gasteiger partial charge >= 0.3 is 0 Å². The Bertz CT molecular complexity index is 832. The zero-order chi connectivity index (χ0) is 26.9. The fraction of sp³-hybridized carbons (Fsp3) is 0.636. The number of aromatic hydroxyl groups is 2. The van der Waals surface area contributed by atoms with Crippen LogP contribution in [-0.2, 0) is 32.5 Å². The zero-order valence-electron chi connectivity index (χ0n) is 23.5. The molecule has 37 heavy (non-hydrogen) atoms. The Kier molecular flexibility index (Phi) is 15.4. The van der Waals surface area contributed by atoms with Gasteiger partial charge < -0.3 is 20.4 Å². The van der Waals surface area contributed by atoms with E-state index in [9.17, 15) is 20.4 Å². The molecule has 4 N–H and O–H groups in total. The first-order chi connectivity index (χ1) is 18.0. The number of phenols is 2. The van der Waals surface area contributed by atoms with E-state index in [-0.39, 0.29) is 24.7 Å². The van der Waals surface area contributed by atoms with Crippen LogP contribution in [0.1, 0.15) is 137 Å². The Balaban J connectivity index is 2.07. The van der Waals surface area contributed by atoms with Gasteiger partial charge in [0.15, 0.2) is 0 Å². The third kappa shape index (κ3) is 11.1. The highest BCUT2D eigenvalue weighted by molar-refractivity contribution is 5.50. The normalized spacial score (nSPS) is 11.4. The van der Waals surface area contributed by atoms with Crippen LogP contribution in [0.5, 0.6) is 11.5 Å². The third-order valence-corrected chi connectivity index (χ3v) is 7.51. The van der Waals surface area contributed by atoms with Crippen LogP contribution in [0.2, 0.25) is 0 Å². The van der Waals surface area contributed by atoms with Gasteiger partial charge in [0.1, 0.15) is 11.5 Å². The summed E-state index contributed by atoms with van der Waals surface area (Å²) < 4.78 is 0. The minimum Gasteiger partial charge on any atom is -0.507 e. The Labute approximate surface area is 225 Å². The maximum Gasteiger partial charge on any atom is 0.124 e. The Morgan fingerprint density at radius 2 is 0.784 bits per heavy atom. The molecule has 0 aliphatic heterocycles. The molecule has 0 aromatic heterocycles. The van der Waals surface area contributed by atoms with Gasteiger partial charge in [0.05, 0.1) is 13.2 Å². The van der Waals surface area contributed by atoms with Crippen LogP contribution in [-0.4, -0.2) is 20.4 Å². The van der Waals surface area contributed by atoms with Gasteiger partial charge in [0, 0.05) is 17.5 Å². The first-order valence-electron chi connectivity index (χ1n) is 14.9. The summed E-state index contributed by atoms with van der Waals surface area (Å²) >= 11 is 0. The van der Waals surface area contributed by atoms with Crippen molar-refractivity contribution in [1.29, 1.82) is 0 Å². The van der Waals surface area contributed by atoms with Gasteiger partial charge in [-0.15, -0.1) is 0 Å². The van der Waals surface area contributed by atoms with Crippen LogP contribution in [0.15, 0.2) is 24.3 Å². The molecule has 2 rings (SSSR count). The fourth-order valence-corrected chi connectivity index (χ4v) is 5.24. The second-order valence-electron chi connectivity index (χ2n) is 10.8. The summed E-state index contributed by atoms with van der Waals surface area (Å²) in [6.45, 7) is 4.04. The summed E-state index contributed by atoms with van der Waals surface area (Å²) in [5.74, 6) is 0.210. The molecular formula is C33H52O4. The number of unbranched alkanes of at least 4 members (excludes halogenated alkanes) is 12. The number of rotatable bonds is 20. The smallest absolute Gasteiger partial charge is 0.124 e. The lowest BCUT2D eigenvalue weighted by Crippen LogP contribution is -2.00. The second kappa shape index (κ2) is 18.3. The Hall–Kier alpha value is -2.04. The van der Waals surface area contributed by atoms with Gasteiger partial charge in [0.2, 0.25) is 0 Å². The van der Waals surface area contributed by atoms with E-state index >= 15 is 0 Å². The van der Waals surface area contributed by atoms with E-state index in [2.05, 4.69) is 13.8 Å². The molecule has 2 aromatic rings. The summed E-state index contributed by atoms with van der Waals surface area (Å²) in [4.78, 5) is 0. The van der Waals surface area contributed by atoms with E-state index in [0.717, 1.165) is 47.9 Å². The van der Waals surface area contributed by atoms with Gasteiger partial charge in [-0.25, -0.2) is 0 Å². The molecule has 0 saturated heterocycles. The van der Waals surface area contributed by atoms with Crippen molar-refractivity contribution < 1.29 is 20.4 Å². The molecule has 0 aliphatic carbocycles. The van der Waals surface area contributed by atoms with Crippen molar-refractivity contribution in [3.63, 3.8) is 0 Å². The minimum absolute atomic E-state index is 0.105. The van der Waals surface area contributed by atoms with Crippen LogP contribution in [0.4, 0.5) is 0 Å². The molecule has 2 aromatic carbocycles. The topological polar surface area (TPSA) is 80.9 Å². The van der Waals surface area contributed by atoms with Crippen LogP contribution < -0.4 is 0 Å². The standard InChI is InChI=1S/C33H52O4/c1-3-5-7-9-11-13-15-17-26-19-28(32(36)30(21-26)24-34)23-29-20-27(22-31(25-35)33(29)37)18-16-14-12-10-8-6-4-2/h19-22,34-37H,3-18,23-25H2,1-2H3.